The van der Waals surface area contributed by atoms with E-state index < -0.39 is 28.6 Å². The summed E-state index contributed by atoms with van der Waals surface area (Å²) in [5.41, 5.74) is -2.89. The molecule has 4 atom stereocenters. The van der Waals surface area contributed by atoms with Crippen molar-refractivity contribution in [3.8, 4) is 18.2 Å². The zero-order valence-corrected chi connectivity index (χ0v) is 14.1. The lowest BCUT2D eigenvalue weighted by Crippen LogP contribution is -2.71. The Labute approximate surface area is 146 Å². The smallest absolute Gasteiger partial charge is 0.215 e. The quantitative estimate of drug-likeness (QED) is 0.909. The molecular formula is C19H18N4O2. The Bertz CT molecular complexity index is 818. The van der Waals surface area contributed by atoms with E-state index in [1.165, 1.54) is 0 Å². The Hall–Kier alpha value is -2.88. The highest BCUT2D eigenvalue weighted by molar-refractivity contribution is 5.88. The van der Waals surface area contributed by atoms with Crippen molar-refractivity contribution in [3.63, 3.8) is 0 Å². The molecule has 1 aromatic rings. The maximum atomic E-state index is 10.1. The number of nitriles is 3. The SMILES string of the molecule is CCC[C@@H]1C(C#N)(C#N)[C@@]2(C#N)C(=N)O[C@@]1(C)O[C@H]2c1ccccc1. The third kappa shape index (κ3) is 1.88. The minimum absolute atomic E-state index is 0.368. The Morgan fingerprint density at radius 1 is 1.12 bits per heavy atom. The van der Waals surface area contributed by atoms with E-state index in [1.54, 1.807) is 31.2 Å². The van der Waals surface area contributed by atoms with Gasteiger partial charge in [0.1, 0.15) is 6.10 Å². The van der Waals surface area contributed by atoms with Crippen LogP contribution < -0.4 is 0 Å². The fourth-order valence-corrected chi connectivity index (χ4v) is 4.22. The number of hydrogen-bond acceptors (Lipinski definition) is 6. The monoisotopic (exact) mass is 334 g/mol. The van der Waals surface area contributed by atoms with Crippen molar-refractivity contribution in [1.82, 2.24) is 0 Å². The van der Waals surface area contributed by atoms with E-state index in [-0.39, 0.29) is 5.90 Å². The van der Waals surface area contributed by atoms with E-state index in [1.807, 2.05) is 13.0 Å². The van der Waals surface area contributed by atoms with E-state index in [2.05, 4.69) is 18.2 Å². The Morgan fingerprint density at radius 3 is 2.28 bits per heavy atom. The minimum atomic E-state index is -1.81. The third-order valence-corrected chi connectivity index (χ3v) is 5.39. The Kier molecular flexibility index (Phi) is 3.79. The number of nitrogens with zero attached hydrogens (tertiary/aromatic N) is 3. The molecule has 2 bridgehead atoms. The van der Waals surface area contributed by atoms with Gasteiger partial charge in [0.25, 0.3) is 0 Å². The van der Waals surface area contributed by atoms with Gasteiger partial charge >= 0.3 is 0 Å². The molecule has 6 nitrogen and oxygen atoms in total. The highest BCUT2D eigenvalue weighted by Gasteiger charge is 2.78. The minimum Gasteiger partial charge on any atom is -0.448 e. The molecule has 0 aliphatic carbocycles. The van der Waals surface area contributed by atoms with Gasteiger partial charge in [-0.1, -0.05) is 43.7 Å². The van der Waals surface area contributed by atoms with Gasteiger partial charge in [-0.3, -0.25) is 5.41 Å². The van der Waals surface area contributed by atoms with Crippen molar-refractivity contribution in [2.75, 3.05) is 0 Å². The molecule has 3 aliphatic rings. The number of rotatable bonds is 3. The first kappa shape index (κ1) is 17.0. The van der Waals surface area contributed by atoms with E-state index in [0.29, 0.717) is 18.4 Å². The molecule has 25 heavy (non-hydrogen) atoms. The van der Waals surface area contributed by atoms with E-state index in [9.17, 15) is 15.8 Å². The van der Waals surface area contributed by atoms with Crippen LogP contribution in [0.4, 0.5) is 0 Å². The molecule has 1 N–H and O–H groups in total. The van der Waals surface area contributed by atoms with Gasteiger partial charge in [-0.25, -0.2) is 0 Å². The number of ether oxygens (including phenoxy) is 2. The van der Waals surface area contributed by atoms with Crippen molar-refractivity contribution in [3.05, 3.63) is 35.9 Å². The zero-order chi connectivity index (χ0) is 18.3. The van der Waals surface area contributed by atoms with Crippen molar-refractivity contribution in [2.45, 2.75) is 38.6 Å². The summed E-state index contributed by atoms with van der Waals surface area (Å²) in [4.78, 5) is 0. The Balaban J connectivity index is 2.33. The average Bonchev–Trinajstić information content (AvgIpc) is 2.63. The summed E-state index contributed by atoms with van der Waals surface area (Å²) >= 11 is 0. The summed E-state index contributed by atoms with van der Waals surface area (Å²) in [5, 5.41) is 38.5. The standard InChI is InChI=1S/C19H18N4O2/c1-3-7-14-17(2)24-15(13-8-5-4-6-9-13)19(12-22,16(23)25-17)18(14,10-20)11-21/h4-6,8-9,14-15,23H,3,7H2,1-2H3/t14-,15-,17+,19+/m0/s1. The third-order valence-electron chi connectivity index (χ3n) is 5.39. The molecule has 3 aliphatic heterocycles. The van der Waals surface area contributed by atoms with E-state index in [0.717, 1.165) is 0 Å². The maximum absolute atomic E-state index is 10.1. The molecule has 0 aromatic heterocycles. The summed E-state index contributed by atoms with van der Waals surface area (Å²) in [6.45, 7) is 3.59. The van der Waals surface area contributed by atoms with Gasteiger partial charge in [0, 0.05) is 6.92 Å². The van der Waals surface area contributed by atoms with Crippen molar-refractivity contribution < 1.29 is 9.47 Å². The topological polar surface area (TPSA) is 114 Å². The van der Waals surface area contributed by atoms with Crippen LogP contribution in [0.2, 0.25) is 0 Å². The van der Waals surface area contributed by atoms with Crippen LogP contribution in [0.1, 0.15) is 38.4 Å². The molecule has 3 saturated heterocycles. The lowest BCUT2D eigenvalue weighted by molar-refractivity contribution is -0.343. The molecular weight excluding hydrogens is 316 g/mol. The molecule has 4 rings (SSSR count). The largest absolute Gasteiger partial charge is 0.448 e. The lowest BCUT2D eigenvalue weighted by Gasteiger charge is -2.61. The summed E-state index contributed by atoms with van der Waals surface area (Å²) in [7, 11) is 0. The second-order valence-electron chi connectivity index (χ2n) is 6.65. The van der Waals surface area contributed by atoms with E-state index >= 15 is 0 Å². The molecule has 3 heterocycles. The summed E-state index contributed by atoms with van der Waals surface area (Å²) in [6.07, 6.45) is 0.260. The van der Waals surface area contributed by atoms with Gasteiger partial charge in [0.15, 0.2) is 10.8 Å². The molecule has 0 spiro atoms. The normalized spacial score (nSPS) is 35.1. The molecule has 0 unspecified atom stereocenters. The van der Waals surface area contributed by atoms with Gasteiger partial charge in [0.05, 0.1) is 24.1 Å². The average molecular weight is 334 g/mol. The lowest BCUT2D eigenvalue weighted by atomic mass is 9.50. The molecule has 126 valence electrons. The highest BCUT2D eigenvalue weighted by Crippen LogP contribution is 2.67. The van der Waals surface area contributed by atoms with Crippen LogP contribution in [0.25, 0.3) is 0 Å². The second kappa shape index (κ2) is 5.59. The van der Waals surface area contributed by atoms with Crippen LogP contribution in [-0.4, -0.2) is 11.7 Å². The fraction of sp³-hybridized carbons (Fsp3) is 0.474. The van der Waals surface area contributed by atoms with Gasteiger partial charge in [0.2, 0.25) is 11.7 Å². The maximum Gasteiger partial charge on any atom is 0.215 e. The molecule has 3 fully saturated rings. The number of benzene rings is 1. The van der Waals surface area contributed by atoms with Crippen LogP contribution in [0.5, 0.6) is 0 Å². The first-order valence-electron chi connectivity index (χ1n) is 8.20. The van der Waals surface area contributed by atoms with Crippen molar-refractivity contribution in [1.29, 1.82) is 21.2 Å². The van der Waals surface area contributed by atoms with Gasteiger partial charge in [-0.2, -0.15) is 15.8 Å². The van der Waals surface area contributed by atoms with Crippen molar-refractivity contribution in [2.24, 2.45) is 16.7 Å². The first-order valence-corrected chi connectivity index (χ1v) is 8.20. The van der Waals surface area contributed by atoms with Crippen LogP contribution in [-0.2, 0) is 9.47 Å². The van der Waals surface area contributed by atoms with Crippen LogP contribution in [0, 0.1) is 56.2 Å². The predicted molar refractivity (Wildman–Crippen MR) is 87.6 cm³/mol. The van der Waals surface area contributed by atoms with Crippen LogP contribution in [0.3, 0.4) is 0 Å². The molecule has 6 heteroatoms. The molecule has 1 aromatic carbocycles. The fourth-order valence-electron chi connectivity index (χ4n) is 4.22. The summed E-state index contributed by atoms with van der Waals surface area (Å²) < 4.78 is 11.8. The van der Waals surface area contributed by atoms with E-state index in [4.69, 9.17) is 14.9 Å². The predicted octanol–water partition coefficient (Wildman–Crippen LogP) is 3.44. The molecule has 0 amide bonds. The summed E-state index contributed by atoms with van der Waals surface area (Å²) in [5.74, 6) is -2.31. The molecule has 0 saturated carbocycles. The van der Waals surface area contributed by atoms with Gasteiger partial charge in [-0.15, -0.1) is 0 Å². The van der Waals surface area contributed by atoms with Crippen LogP contribution >= 0.6 is 0 Å². The number of fused-ring (bicyclic) bond motifs is 3. The zero-order valence-electron chi connectivity index (χ0n) is 14.1. The summed E-state index contributed by atoms with van der Waals surface area (Å²) in [6, 6.07) is 15.2. The molecule has 0 radical (unpaired) electrons. The van der Waals surface area contributed by atoms with Gasteiger partial charge < -0.3 is 9.47 Å². The first-order chi connectivity index (χ1) is 12.0. The van der Waals surface area contributed by atoms with Gasteiger partial charge in [-0.05, 0) is 12.0 Å². The highest BCUT2D eigenvalue weighted by atomic mass is 16.7. The number of hydrogen-bond donors (Lipinski definition) is 1. The van der Waals surface area contributed by atoms with Crippen LogP contribution in [0.15, 0.2) is 30.3 Å². The van der Waals surface area contributed by atoms with Crippen molar-refractivity contribution >= 4 is 5.90 Å². The Morgan fingerprint density at radius 2 is 1.76 bits per heavy atom. The number of nitrogens with one attached hydrogen (secondary N) is 1. The second-order valence-corrected chi connectivity index (χ2v) is 6.65.